The monoisotopic (exact) mass is 204 g/mol. The summed E-state index contributed by atoms with van der Waals surface area (Å²) in [7, 11) is 0. The fourth-order valence-electron chi connectivity index (χ4n) is 0.440. The molecule has 1 rings (SSSR count). The summed E-state index contributed by atoms with van der Waals surface area (Å²) < 4.78 is 0. The topological polar surface area (TPSA) is 103 Å². The zero-order valence-corrected chi connectivity index (χ0v) is 7.41. The maximum atomic E-state index is 10.3. The van der Waals surface area contributed by atoms with Gasteiger partial charge in [0.05, 0.1) is 0 Å². The third kappa shape index (κ3) is 10.4. The van der Waals surface area contributed by atoms with Crippen LogP contribution in [0.3, 0.4) is 0 Å². The van der Waals surface area contributed by atoms with Gasteiger partial charge in [-0.3, -0.25) is 9.59 Å². The lowest BCUT2D eigenvalue weighted by Crippen LogP contribution is -2.18. The molecule has 0 bridgehead atoms. The van der Waals surface area contributed by atoms with Gasteiger partial charge in [0.2, 0.25) is 0 Å². The molecule has 0 saturated heterocycles. The highest BCUT2D eigenvalue weighted by molar-refractivity contribution is 6.14. The van der Waals surface area contributed by atoms with Crippen molar-refractivity contribution < 1.29 is 14.4 Å². The van der Waals surface area contributed by atoms with Crippen molar-refractivity contribution in [1.29, 1.82) is 0 Å². The van der Waals surface area contributed by atoms with Gasteiger partial charge in [-0.05, 0) is 24.3 Å². The Morgan fingerprint density at radius 3 is 1.23 bits per heavy atom. The van der Waals surface area contributed by atoms with Crippen molar-refractivity contribution in [2.45, 2.75) is 0 Å². The summed E-state index contributed by atoms with van der Waals surface area (Å²) in [5.74, 6) is -0.241. The van der Waals surface area contributed by atoms with E-state index in [1.807, 2.05) is 0 Å². The second kappa shape index (κ2) is 7.05. The van der Waals surface area contributed by atoms with Crippen LogP contribution in [0.5, 0.6) is 0 Å². The van der Waals surface area contributed by atoms with Crippen LogP contribution in [0.2, 0.25) is 0 Å². The third-order valence-corrected chi connectivity index (χ3v) is 0.824. The summed E-state index contributed by atoms with van der Waals surface area (Å²) in [5, 5.41) is 0. The summed E-state index contributed by atoms with van der Waals surface area (Å²) in [5.41, 5.74) is 8.50. The van der Waals surface area contributed by atoms with E-state index in [-0.39, 0.29) is 24.0 Å². The Balaban J connectivity index is 0. The van der Waals surface area contributed by atoms with Crippen LogP contribution in [0.1, 0.15) is 0 Å². The number of ketones is 2. The Hall–Kier alpha value is -1.62. The summed E-state index contributed by atoms with van der Waals surface area (Å²) in [6.07, 6.45) is 5.01. The number of rotatable bonds is 0. The van der Waals surface area contributed by atoms with Crippen LogP contribution in [0, 0.1) is 0 Å². The molecule has 4 N–H and O–H groups in total. The summed E-state index contributed by atoms with van der Waals surface area (Å²) in [6, 6.07) is -0.833. The standard InChI is InChI=1S/C6H4O2.CH4N2O.ClH/c7-5-1-2-6(8)4-3-5;2-1(3)4;/h1-4H;(H4,2,3,4);1H. The smallest absolute Gasteiger partial charge is 0.309 e. The predicted molar refractivity (Wildman–Crippen MR) is 49.3 cm³/mol. The number of carbonyl (C=O) groups is 3. The summed E-state index contributed by atoms with van der Waals surface area (Å²) >= 11 is 0. The number of carbonyl (C=O) groups excluding carboxylic acids is 3. The first-order chi connectivity index (χ1) is 5.52. The molecule has 0 radical (unpaired) electrons. The Morgan fingerprint density at radius 1 is 0.923 bits per heavy atom. The van der Waals surface area contributed by atoms with E-state index in [4.69, 9.17) is 4.79 Å². The van der Waals surface area contributed by atoms with Gasteiger partial charge in [-0.1, -0.05) is 0 Å². The molecule has 0 atom stereocenters. The Kier molecular flexibility index (Phi) is 7.56. The van der Waals surface area contributed by atoms with Gasteiger partial charge in [0.25, 0.3) is 0 Å². The number of nitrogens with two attached hydrogens (primary N) is 2. The van der Waals surface area contributed by atoms with Crippen LogP contribution in [0.4, 0.5) is 4.79 Å². The predicted octanol–water partition coefficient (Wildman–Crippen LogP) is -0.304. The van der Waals surface area contributed by atoms with Crippen molar-refractivity contribution >= 4 is 30.0 Å². The second-order valence-electron chi connectivity index (χ2n) is 1.87. The van der Waals surface area contributed by atoms with E-state index in [1.165, 1.54) is 24.3 Å². The zero-order chi connectivity index (χ0) is 9.56. The van der Waals surface area contributed by atoms with Crippen LogP contribution < -0.4 is 11.5 Å². The first-order valence-electron chi connectivity index (χ1n) is 3.01. The van der Waals surface area contributed by atoms with E-state index >= 15 is 0 Å². The molecule has 0 saturated carbocycles. The second-order valence-corrected chi connectivity index (χ2v) is 1.87. The molecule has 2 amide bonds. The van der Waals surface area contributed by atoms with Crippen molar-refractivity contribution in [3.63, 3.8) is 0 Å². The molecule has 0 aromatic heterocycles. The number of amides is 2. The van der Waals surface area contributed by atoms with E-state index in [1.54, 1.807) is 0 Å². The molecule has 0 fully saturated rings. The minimum absolute atomic E-state index is 0. The lowest BCUT2D eigenvalue weighted by atomic mass is 10.2. The van der Waals surface area contributed by atoms with Crippen molar-refractivity contribution in [3.05, 3.63) is 24.3 Å². The van der Waals surface area contributed by atoms with E-state index in [9.17, 15) is 9.59 Å². The molecule has 5 nitrogen and oxygen atoms in total. The van der Waals surface area contributed by atoms with Crippen LogP contribution in [-0.4, -0.2) is 17.6 Å². The number of urea groups is 1. The van der Waals surface area contributed by atoms with Crippen molar-refractivity contribution in [2.24, 2.45) is 11.5 Å². The lowest BCUT2D eigenvalue weighted by Gasteiger charge is -1.87. The van der Waals surface area contributed by atoms with Crippen LogP contribution in [0.15, 0.2) is 24.3 Å². The lowest BCUT2D eigenvalue weighted by molar-refractivity contribution is -0.113. The molecule has 0 unspecified atom stereocenters. The number of primary amides is 2. The zero-order valence-electron chi connectivity index (χ0n) is 6.60. The molecule has 0 heterocycles. The molecule has 1 aliphatic rings. The van der Waals surface area contributed by atoms with E-state index in [0.29, 0.717) is 0 Å². The number of hydrogen-bond acceptors (Lipinski definition) is 3. The summed E-state index contributed by atoms with van der Waals surface area (Å²) in [4.78, 5) is 29.6. The Bertz CT molecular complexity index is 229. The highest BCUT2D eigenvalue weighted by Gasteiger charge is 1.97. The van der Waals surface area contributed by atoms with E-state index in [2.05, 4.69) is 11.5 Å². The largest absolute Gasteiger partial charge is 0.352 e. The maximum absolute atomic E-state index is 10.3. The molecule has 0 spiro atoms. The van der Waals surface area contributed by atoms with Crippen molar-refractivity contribution in [2.75, 3.05) is 0 Å². The molecular formula is C7H9ClN2O3. The van der Waals surface area contributed by atoms with Gasteiger partial charge in [-0.15, -0.1) is 12.4 Å². The van der Waals surface area contributed by atoms with Gasteiger partial charge >= 0.3 is 6.03 Å². The third-order valence-electron chi connectivity index (χ3n) is 0.824. The van der Waals surface area contributed by atoms with Crippen LogP contribution >= 0.6 is 12.4 Å². The van der Waals surface area contributed by atoms with Crippen LogP contribution in [0.25, 0.3) is 0 Å². The molecule has 1 aliphatic carbocycles. The van der Waals surface area contributed by atoms with Crippen molar-refractivity contribution in [1.82, 2.24) is 0 Å². The normalized spacial score (nSPS) is 12.6. The van der Waals surface area contributed by atoms with Crippen LogP contribution in [-0.2, 0) is 9.59 Å². The molecule has 6 heteroatoms. The number of hydrogen-bond donors (Lipinski definition) is 2. The molecule has 0 aromatic rings. The minimum atomic E-state index is -0.833. The van der Waals surface area contributed by atoms with E-state index in [0.717, 1.165) is 0 Å². The minimum Gasteiger partial charge on any atom is -0.352 e. The van der Waals surface area contributed by atoms with Gasteiger partial charge in [0.15, 0.2) is 11.6 Å². The quantitative estimate of drug-likeness (QED) is 0.529. The fraction of sp³-hybridized carbons (Fsp3) is 0. The number of halogens is 1. The Labute approximate surface area is 80.9 Å². The highest BCUT2D eigenvalue weighted by Crippen LogP contribution is 1.90. The van der Waals surface area contributed by atoms with Gasteiger partial charge < -0.3 is 11.5 Å². The first kappa shape index (κ1) is 13.9. The molecule has 72 valence electrons. The molecule has 13 heavy (non-hydrogen) atoms. The fourth-order valence-corrected chi connectivity index (χ4v) is 0.440. The van der Waals surface area contributed by atoms with Gasteiger partial charge in [0, 0.05) is 0 Å². The summed E-state index contributed by atoms with van der Waals surface area (Å²) in [6.45, 7) is 0. The number of allylic oxidation sites excluding steroid dienone is 4. The average Bonchev–Trinajstić information content (AvgIpc) is 1.94. The Morgan fingerprint density at radius 2 is 1.08 bits per heavy atom. The van der Waals surface area contributed by atoms with E-state index < -0.39 is 6.03 Å². The maximum Gasteiger partial charge on any atom is 0.309 e. The SMILES string of the molecule is Cl.NC(N)=O.O=C1C=CC(=O)C=C1. The average molecular weight is 205 g/mol. The highest BCUT2D eigenvalue weighted by atomic mass is 35.5. The van der Waals surface area contributed by atoms with Gasteiger partial charge in [-0.25, -0.2) is 4.79 Å². The first-order valence-corrected chi connectivity index (χ1v) is 3.01. The van der Waals surface area contributed by atoms with Crippen molar-refractivity contribution in [3.8, 4) is 0 Å². The molecule has 0 aromatic carbocycles. The molecular weight excluding hydrogens is 196 g/mol. The van der Waals surface area contributed by atoms with Gasteiger partial charge in [0.1, 0.15) is 0 Å². The molecule has 0 aliphatic heterocycles. The van der Waals surface area contributed by atoms with Gasteiger partial charge in [-0.2, -0.15) is 0 Å².